The SMILES string of the molecule is C1CCC(N=C(NC2CCCCC2)NC23CC4CC(CC(C4)C2)C3)CC1.CC(C)NC(=NC1CCCCC1)NC(C)C.c1ccc(NC(=NC23CC4CC(CC(C4)C2)C3)Nc2ccccc2)cc1.c1ccc(NC(=NC2CCCCC2)NC2CCCCC2)cc1.c1ccc(NC(=NC2CCCCC2)Nc2ccccc2)cc1. The van der Waals surface area contributed by atoms with Crippen LogP contribution in [0.3, 0.4) is 0 Å². The fraction of sp³-hybridized carbons (Fsp3) is 0.639. The topological polar surface area (TPSA) is 182 Å². The minimum absolute atomic E-state index is 0.146. The van der Waals surface area contributed by atoms with Gasteiger partial charge in [-0.25, -0.2) is 25.0 Å². The molecule has 0 amide bonds. The number of aliphatic imine (C=N–C) groups is 5. The van der Waals surface area contributed by atoms with Crippen LogP contribution in [0.4, 0.5) is 28.4 Å². The molecule has 0 unspecified atom stereocenters. The van der Waals surface area contributed by atoms with Crippen LogP contribution < -0.4 is 53.2 Å². The summed E-state index contributed by atoms with van der Waals surface area (Å²) in [7, 11) is 0. The summed E-state index contributed by atoms with van der Waals surface area (Å²) in [5, 5.41) is 35.9. The number of guanidine groups is 5. The minimum Gasteiger partial charge on any atom is -0.354 e. The van der Waals surface area contributed by atoms with Gasteiger partial charge in [-0.05, 0) is 278 Å². The van der Waals surface area contributed by atoms with E-state index in [1.165, 1.54) is 276 Å². The quantitative estimate of drug-likeness (QED) is 0.0358. The van der Waals surface area contributed by atoms with Gasteiger partial charge in [0.2, 0.25) is 11.9 Å². The summed E-state index contributed by atoms with van der Waals surface area (Å²) in [5.74, 6) is 10.6. The molecule has 14 fully saturated rings. The molecule has 608 valence electrons. The molecule has 0 aliphatic heterocycles. The summed E-state index contributed by atoms with van der Waals surface area (Å²) >= 11 is 0. The molecule has 5 aromatic rings. The first kappa shape index (κ1) is 82.4. The van der Waals surface area contributed by atoms with Gasteiger partial charge in [-0.3, -0.25) is 0 Å². The zero-order chi connectivity index (χ0) is 76.8. The van der Waals surface area contributed by atoms with Crippen molar-refractivity contribution in [1.29, 1.82) is 0 Å². The van der Waals surface area contributed by atoms with Crippen LogP contribution >= 0.6 is 0 Å². The van der Waals surface area contributed by atoms with Crippen LogP contribution in [-0.4, -0.2) is 89.2 Å². The molecule has 8 bridgehead atoms. The van der Waals surface area contributed by atoms with Crippen molar-refractivity contribution in [1.82, 2.24) is 26.6 Å². The second-order valence-corrected chi connectivity index (χ2v) is 37.0. The fourth-order valence-electron chi connectivity index (χ4n) is 21.8. The molecular formula is C97H145N15. The van der Waals surface area contributed by atoms with Crippen molar-refractivity contribution in [3.8, 4) is 0 Å². The van der Waals surface area contributed by atoms with Crippen molar-refractivity contribution in [2.75, 3.05) is 26.6 Å². The van der Waals surface area contributed by atoms with Crippen molar-refractivity contribution < 1.29 is 0 Å². The highest BCUT2D eigenvalue weighted by atomic mass is 15.2. The molecule has 0 saturated heterocycles. The minimum atomic E-state index is 0.146. The molecule has 14 aliphatic carbocycles. The Hall–Kier alpha value is -7.55. The maximum absolute atomic E-state index is 5.35. The van der Waals surface area contributed by atoms with E-state index in [4.69, 9.17) is 25.0 Å². The predicted molar refractivity (Wildman–Crippen MR) is 476 cm³/mol. The van der Waals surface area contributed by atoms with Crippen molar-refractivity contribution in [3.63, 3.8) is 0 Å². The molecule has 15 heteroatoms. The maximum atomic E-state index is 5.35. The van der Waals surface area contributed by atoms with E-state index in [0.717, 1.165) is 87.8 Å². The van der Waals surface area contributed by atoms with E-state index in [1.807, 2.05) is 48.5 Å². The molecule has 112 heavy (non-hydrogen) atoms. The predicted octanol–water partition coefficient (Wildman–Crippen LogP) is 23.0. The number of para-hydroxylation sites is 5. The fourth-order valence-corrected chi connectivity index (χ4v) is 21.8. The van der Waals surface area contributed by atoms with Gasteiger partial charge >= 0.3 is 0 Å². The van der Waals surface area contributed by atoms with Crippen LogP contribution in [-0.2, 0) is 0 Å². The van der Waals surface area contributed by atoms with E-state index >= 15 is 0 Å². The van der Waals surface area contributed by atoms with E-state index in [9.17, 15) is 0 Å². The second-order valence-electron chi connectivity index (χ2n) is 37.0. The van der Waals surface area contributed by atoms with E-state index in [1.54, 1.807) is 0 Å². The molecule has 0 heterocycles. The molecule has 14 saturated carbocycles. The first-order valence-corrected chi connectivity index (χ1v) is 45.8. The van der Waals surface area contributed by atoms with Crippen molar-refractivity contribution in [3.05, 3.63) is 152 Å². The lowest BCUT2D eigenvalue weighted by molar-refractivity contribution is -0.0107. The molecule has 10 N–H and O–H groups in total. The number of rotatable bonds is 15. The molecule has 15 nitrogen and oxygen atoms in total. The summed E-state index contributed by atoms with van der Waals surface area (Å²) in [6.07, 6.45) is 56.7. The van der Waals surface area contributed by atoms with E-state index in [0.29, 0.717) is 53.9 Å². The van der Waals surface area contributed by atoms with Crippen LogP contribution in [0.2, 0.25) is 0 Å². The Labute approximate surface area is 676 Å². The summed E-state index contributed by atoms with van der Waals surface area (Å²) in [4.78, 5) is 25.4. The highest BCUT2D eigenvalue weighted by Crippen LogP contribution is 2.58. The van der Waals surface area contributed by atoms with E-state index in [2.05, 4.69) is 184 Å². The third-order valence-corrected chi connectivity index (χ3v) is 26.2. The Bertz CT molecular complexity index is 3460. The third kappa shape index (κ3) is 27.3. The molecule has 14 aliphatic rings. The van der Waals surface area contributed by atoms with Gasteiger partial charge in [-0.2, -0.15) is 0 Å². The molecule has 0 radical (unpaired) electrons. The lowest BCUT2D eigenvalue weighted by Gasteiger charge is -2.57. The van der Waals surface area contributed by atoms with Gasteiger partial charge in [-0.1, -0.05) is 207 Å². The first-order chi connectivity index (χ1) is 54.9. The Morgan fingerprint density at radius 2 is 0.527 bits per heavy atom. The van der Waals surface area contributed by atoms with Gasteiger partial charge in [-0.15, -0.1) is 0 Å². The Balaban J connectivity index is 0.000000124. The number of benzene rings is 5. The third-order valence-electron chi connectivity index (χ3n) is 26.2. The number of hydrogen-bond acceptors (Lipinski definition) is 5. The van der Waals surface area contributed by atoms with Crippen LogP contribution in [0.5, 0.6) is 0 Å². The van der Waals surface area contributed by atoms with Crippen molar-refractivity contribution in [2.24, 2.45) is 60.5 Å². The van der Waals surface area contributed by atoms with Crippen LogP contribution in [0.25, 0.3) is 0 Å². The highest BCUT2D eigenvalue weighted by Gasteiger charge is 2.53. The Morgan fingerprint density at radius 1 is 0.277 bits per heavy atom. The van der Waals surface area contributed by atoms with Crippen LogP contribution in [0.15, 0.2) is 177 Å². The number of nitrogens with zero attached hydrogens (tertiary/aromatic N) is 5. The van der Waals surface area contributed by atoms with Crippen molar-refractivity contribution in [2.45, 2.75) is 357 Å². The number of hydrogen-bond donors (Lipinski definition) is 10. The summed E-state index contributed by atoms with van der Waals surface area (Å²) in [6, 6.07) is 55.7. The zero-order valence-electron chi connectivity index (χ0n) is 69.5. The molecular weight excluding hydrogens is 1380 g/mol. The Morgan fingerprint density at radius 3 is 0.839 bits per heavy atom. The smallest absolute Gasteiger partial charge is 0.200 e. The van der Waals surface area contributed by atoms with Gasteiger partial charge in [0.25, 0.3) is 0 Å². The largest absolute Gasteiger partial charge is 0.354 e. The van der Waals surface area contributed by atoms with E-state index < -0.39 is 0 Å². The second kappa shape index (κ2) is 43.2. The molecule has 0 atom stereocenters. The van der Waals surface area contributed by atoms with Gasteiger partial charge in [0, 0.05) is 58.1 Å². The summed E-state index contributed by atoms with van der Waals surface area (Å²) in [6.45, 7) is 8.60. The highest BCUT2D eigenvalue weighted by molar-refractivity contribution is 6.04. The molecule has 0 aromatic heterocycles. The van der Waals surface area contributed by atoms with Gasteiger partial charge < -0.3 is 53.2 Å². The van der Waals surface area contributed by atoms with Crippen molar-refractivity contribution >= 4 is 58.2 Å². The zero-order valence-corrected chi connectivity index (χ0v) is 69.5. The lowest BCUT2D eigenvalue weighted by atomic mass is 9.53. The normalized spacial score (nSPS) is 26.6. The number of anilines is 5. The van der Waals surface area contributed by atoms with Crippen LogP contribution in [0, 0.1) is 35.5 Å². The summed E-state index contributed by atoms with van der Waals surface area (Å²) < 4.78 is 0. The first-order valence-electron chi connectivity index (χ1n) is 45.8. The average molecular weight is 1520 g/mol. The Kier molecular flexibility index (Phi) is 31.8. The van der Waals surface area contributed by atoms with Crippen LogP contribution in [0.1, 0.15) is 297 Å². The van der Waals surface area contributed by atoms with Gasteiger partial charge in [0.05, 0.1) is 29.7 Å². The number of nitrogens with one attached hydrogen (secondary N) is 10. The molecule has 5 aromatic carbocycles. The van der Waals surface area contributed by atoms with Gasteiger partial charge in [0.15, 0.2) is 17.9 Å². The molecule has 19 rings (SSSR count). The standard InChI is InChI=1S/C23H39N3.C23H27N3.C19H29N3.C19H23N3.C13H27N3/c2*1-3-7-20(8-4-1)24-22(25-21-9-5-2-6-10-21)26-23-14-17-11-18(15-23)13-19(12-17)16-23;2*1-4-10-16(11-5-1)20-19(21-17-12-6-2-7-13-17)22-18-14-8-3-9-15-18;1-10(2)14-13(15-11(3)4)16-12-8-6-5-7-9-12/h17-21H,1-16H2,(H2,24,25,26);1-10,17-19H,11-16H2,(H2,24,25,26);1,4-5,10-11,17-18H,2-3,6-9,12-15H2,(H2,20,21,22);1-2,4-7,10-13,18H,3,8-9,14-15H2,(H2,20,21,22);10-12H,5-9H2,1-4H3,(H2,14,15,16). The maximum Gasteiger partial charge on any atom is 0.200 e. The lowest BCUT2D eigenvalue weighted by Crippen LogP contribution is -2.62. The van der Waals surface area contributed by atoms with Gasteiger partial charge in [0.1, 0.15) is 0 Å². The molecule has 0 spiro atoms. The summed E-state index contributed by atoms with van der Waals surface area (Å²) in [5.41, 5.74) is 5.93. The monoisotopic (exact) mass is 1520 g/mol. The van der Waals surface area contributed by atoms with E-state index in [-0.39, 0.29) is 5.54 Å². The average Bonchev–Trinajstić information content (AvgIpc) is 0.754.